The molecule has 4 rings (SSSR count). The largest absolute Gasteiger partial charge is 0.337 e. The number of carbonyl (C=O) groups is 1. The topological polar surface area (TPSA) is 93.4 Å². The van der Waals surface area contributed by atoms with Crippen molar-refractivity contribution in [2.75, 3.05) is 13.1 Å². The molecule has 0 bridgehead atoms. The van der Waals surface area contributed by atoms with Crippen molar-refractivity contribution in [3.63, 3.8) is 0 Å². The molecule has 2 N–H and O–H groups in total. The molecule has 6 nitrogen and oxygen atoms in total. The third-order valence-corrected chi connectivity index (χ3v) is 7.07. The number of halogens is 2. The predicted octanol–water partition coefficient (Wildman–Crippen LogP) is 4.15. The van der Waals surface area contributed by atoms with Gasteiger partial charge < -0.3 is 4.90 Å². The van der Waals surface area contributed by atoms with E-state index in [0.29, 0.717) is 34.2 Å². The average molecular weight is 466 g/mol. The number of hydrogen-bond acceptors (Lipinski definition) is 5. The van der Waals surface area contributed by atoms with Crippen molar-refractivity contribution in [1.29, 1.82) is 0 Å². The molecule has 30 heavy (non-hydrogen) atoms. The first-order valence-corrected chi connectivity index (χ1v) is 11.9. The molecule has 1 aliphatic heterocycles. The molecule has 2 aromatic carbocycles. The van der Waals surface area contributed by atoms with Gasteiger partial charge in [0.2, 0.25) is 10.0 Å². The summed E-state index contributed by atoms with van der Waals surface area (Å²) in [6.07, 6.45) is 1.88. The molecule has 10 heteroatoms. The van der Waals surface area contributed by atoms with E-state index in [4.69, 9.17) is 16.7 Å². The summed E-state index contributed by atoms with van der Waals surface area (Å²) >= 11 is 7.05. The monoisotopic (exact) mass is 465 g/mol. The Labute approximate surface area is 182 Å². The van der Waals surface area contributed by atoms with Crippen molar-refractivity contribution >= 4 is 38.9 Å². The van der Waals surface area contributed by atoms with Gasteiger partial charge in [-0.2, -0.15) is 0 Å². The van der Waals surface area contributed by atoms with Gasteiger partial charge in [-0.1, -0.05) is 23.7 Å². The highest BCUT2D eigenvalue weighted by Gasteiger charge is 2.26. The molecule has 0 spiro atoms. The summed E-state index contributed by atoms with van der Waals surface area (Å²) in [6, 6.07) is 10.3. The Morgan fingerprint density at radius 3 is 2.40 bits per heavy atom. The Balaban J connectivity index is 1.85. The summed E-state index contributed by atoms with van der Waals surface area (Å²) in [5.74, 6) is -0.957. The van der Waals surface area contributed by atoms with Crippen molar-refractivity contribution in [2.24, 2.45) is 5.14 Å². The van der Waals surface area contributed by atoms with Crippen LogP contribution in [0.1, 0.15) is 22.6 Å². The summed E-state index contributed by atoms with van der Waals surface area (Å²) in [6.45, 7) is 1.34. The Bertz CT molecular complexity index is 1220. The van der Waals surface area contributed by atoms with Gasteiger partial charge >= 0.3 is 0 Å². The Morgan fingerprint density at radius 1 is 1.13 bits per heavy atom. The first-order chi connectivity index (χ1) is 14.2. The summed E-state index contributed by atoms with van der Waals surface area (Å²) in [5.41, 5.74) is 1.24. The van der Waals surface area contributed by atoms with Crippen LogP contribution in [0.25, 0.3) is 21.7 Å². The van der Waals surface area contributed by atoms with E-state index in [1.807, 2.05) is 0 Å². The first kappa shape index (κ1) is 20.9. The number of carbonyl (C=O) groups excluding carboxylic acids is 1. The van der Waals surface area contributed by atoms with E-state index in [9.17, 15) is 17.6 Å². The maximum absolute atomic E-state index is 14.9. The van der Waals surface area contributed by atoms with Gasteiger partial charge in [0.05, 0.1) is 15.5 Å². The molecule has 0 aliphatic carbocycles. The molecule has 1 aromatic heterocycles. The van der Waals surface area contributed by atoms with Crippen LogP contribution in [0.2, 0.25) is 5.02 Å². The van der Waals surface area contributed by atoms with Crippen LogP contribution >= 0.6 is 22.9 Å². The standard InChI is InChI=1S/C20H17ClFN3O3S2/c21-13-5-3-12(4-6-13)17-18(15-8-7-14(11-16(15)22)30(23,27)28)29-19(24-17)20(26)25-9-1-2-10-25/h3-8,11H,1-2,9-10H2,(H2,23,27,28). The summed E-state index contributed by atoms with van der Waals surface area (Å²) < 4.78 is 37.9. The third-order valence-electron chi connectivity index (χ3n) is 4.83. The molecule has 1 amide bonds. The number of sulfonamides is 1. The van der Waals surface area contributed by atoms with Crippen LogP contribution in [0.15, 0.2) is 47.4 Å². The number of primary sulfonamides is 1. The zero-order chi connectivity index (χ0) is 21.5. The van der Waals surface area contributed by atoms with Gasteiger partial charge in [-0.3, -0.25) is 4.79 Å². The molecule has 0 unspecified atom stereocenters. The van der Waals surface area contributed by atoms with Crippen LogP contribution in [-0.2, 0) is 10.0 Å². The van der Waals surface area contributed by atoms with Crippen LogP contribution < -0.4 is 5.14 Å². The molecule has 0 radical (unpaired) electrons. The maximum Gasteiger partial charge on any atom is 0.282 e. The van der Waals surface area contributed by atoms with Gasteiger partial charge in [0.1, 0.15) is 5.82 Å². The van der Waals surface area contributed by atoms with Crippen LogP contribution in [0.4, 0.5) is 4.39 Å². The quantitative estimate of drug-likeness (QED) is 0.626. The van der Waals surface area contributed by atoms with E-state index in [0.717, 1.165) is 30.2 Å². The van der Waals surface area contributed by atoms with Gasteiger partial charge in [0.15, 0.2) is 5.01 Å². The lowest BCUT2D eigenvalue weighted by Crippen LogP contribution is -2.27. The number of rotatable bonds is 4. The molecular formula is C20H17ClFN3O3S2. The van der Waals surface area contributed by atoms with Gasteiger partial charge in [-0.15, -0.1) is 11.3 Å². The molecule has 3 aromatic rings. The highest BCUT2D eigenvalue weighted by Crippen LogP contribution is 2.39. The van der Waals surface area contributed by atoms with Crippen molar-refractivity contribution < 1.29 is 17.6 Å². The van der Waals surface area contributed by atoms with Crippen molar-refractivity contribution in [2.45, 2.75) is 17.7 Å². The Kier molecular flexibility index (Phi) is 5.63. The summed E-state index contributed by atoms with van der Waals surface area (Å²) in [7, 11) is -4.04. The van der Waals surface area contributed by atoms with E-state index >= 15 is 0 Å². The van der Waals surface area contributed by atoms with E-state index in [2.05, 4.69) is 4.98 Å². The Hall–Kier alpha value is -2.33. The Morgan fingerprint density at radius 2 is 1.80 bits per heavy atom. The second kappa shape index (κ2) is 8.07. The van der Waals surface area contributed by atoms with Crippen molar-refractivity contribution in [3.05, 3.63) is 58.3 Å². The minimum absolute atomic E-state index is 0.144. The van der Waals surface area contributed by atoms with Crippen LogP contribution in [0, 0.1) is 5.82 Å². The molecule has 156 valence electrons. The molecule has 0 atom stereocenters. The molecule has 2 heterocycles. The van der Waals surface area contributed by atoms with Crippen LogP contribution in [0.3, 0.4) is 0 Å². The number of nitrogens with two attached hydrogens (primary N) is 1. The van der Waals surface area contributed by atoms with E-state index < -0.39 is 15.8 Å². The minimum atomic E-state index is -4.04. The molecular weight excluding hydrogens is 449 g/mol. The normalized spacial score (nSPS) is 14.3. The number of amides is 1. The van der Waals surface area contributed by atoms with E-state index in [1.165, 1.54) is 12.1 Å². The second-order valence-corrected chi connectivity index (χ2v) is 9.89. The number of benzene rings is 2. The third kappa shape index (κ3) is 4.11. The minimum Gasteiger partial charge on any atom is -0.337 e. The molecule has 1 saturated heterocycles. The fourth-order valence-electron chi connectivity index (χ4n) is 3.31. The van der Waals surface area contributed by atoms with Gasteiger partial charge in [0.25, 0.3) is 5.91 Å². The SMILES string of the molecule is NS(=O)(=O)c1ccc(-c2sc(C(=O)N3CCCC3)nc2-c2ccc(Cl)cc2)c(F)c1. The average Bonchev–Trinajstić information content (AvgIpc) is 3.38. The van der Waals surface area contributed by atoms with Gasteiger partial charge in [0, 0.05) is 29.2 Å². The second-order valence-electron chi connectivity index (χ2n) is 6.89. The summed E-state index contributed by atoms with van der Waals surface area (Å²) in [5, 5.41) is 5.89. The number of aromatic nitrogens is 1. The number of thiazole rings is 1. The lowest BCUT2D eigenvalue weighted by molar-refractivity contribution is 0.0792. The smallest absolute Gasteiger partial charge is 0.282 e. The molecule has 0 saturated carbocycles. The number of hydrogen-bond donors (Lipinski definition) is 1. The van der Waals surface area contributed by atoms with Crippen molar-refractivity contribution in [3.8, 4) is 21.7 Å². The first-order valence-electron chi connectivity index (χ1n) is 9.13. The zero-order valence-electron chi connectivity index (χ0n) is 15.6. The number of likely N-dealkylation sites (tertiary alicyclic amines) is 1. The molecule has 1 aliphatic rings. The van der Waals surface area contributed by atoms with Crippen LogP contribution in [0.5, 0.6) is 0 Å². The lowest BCUT2D eigenvalue weighted by atomic mass is 10.1. The predicted molar refractivity (Wildman–Crippen MR) is 114 cm³/mol. The maximum atomic E-state index is 14.9. The van der Waals surface area contributed by atoms with Gasteiger partial charge in [-0.25, -0.2) is 22.9 Å². The highest BCUT2D eigenvalue weighted by molar-refractivity contribution is 7.89. The molecule has 1 fully saturated rings. The fraction of sp³-hybridized carbons (Fsp3) is 0.200. The lowest BCUT2D eigenvalue weighted by Gasteiger charge is -2.12. The van der Waals surface area contributed by atoms with E-state index in [-0.39, 0.29) is 21.4 Å². The van der Waals surface area contributed by atoms with Crippen molar-refractivity contribution in [1.82, 2.24) is 9.88 Å². The highest BCUT2D eigenvalue weighted by atomic mass is 35.5. The van der Waals surface area contributed by atoms with Crippen LogP contribution in [-0.4, -0.2) is 37.3 Å². The van der Waals surface area contributed by atoms with Gasteiger partial charge in [-0.05, 0) is 43.2 Å². The summed E-state index contributed by atoms with van der Waals surface area (Å²) in [4.78, 5) is 19.2. The zero-order valence-corrected chi connectivity index (χ0v) is 18.0. The fourth-order valence-corrected chi connectivity index (χ4v) is 5.04. The van der Waals surface area contributed by atoms with E-state index in [1.54, 1.807) is 29.2 Å². The number of nitrogens with zero attached hydrogens (tertiary/aromatic N) is 2.